The van der Waals surface area contributed by atoms with Crippen LogP contribution in [0.15, 0.2) is 48.7 Å². The number of carbonyl (C=O) groups is 2. The molecule has 0 fully saturated rings. The van der Waals surface area contributed by atoms with Crippen LogP contribution in [0.4, 0.5) is 5.69 Å². The van der Waals surface area contributed by atoms with Crippen molar-refractivity contribution in [3.8, 4) is 0 Å². The SMILES string of the molecule is CC(=O)N1C=Cc2ccccc2[C@@H]1CC(=O)Nc1ccc(Cl)c(Cl)c1. The van der Waals surface area contributed by atoms with Gasteiger partial charge in [0.2, 0.25) is 11.8 Å². The Morgan fingerprint density at radius 2 is 1.88 bits per heavy atom. The maximum absolute atomic E-state index is 12.5. The molecule has 0 aromatic heterocycles. The van der Waals surface area contributed by atoms with E-state index >= 15 is 0 Å². The number of fused-ring (bicyclic) bond motifs is 1. The number of hydrogen-bond acceptors (Lipinski definition) is 2. The van der Waals surface area contributed by atoms with Gasteiger partial charge in [0.25, 0.3) is 0 Å². The highest BCUT2D eigenvalue weighted by atomic mass is 35.5. The van der Waals surface area contributed by atoms with Crippen molar-refractivity contribution in [3.05, 3.63) is 69.8 Å². The maximum atomic E-state index is 12.5. The predicted octanol–water partition coefficient (Wildman–Crippen LogP) is 4.90. The number of benzene rings is 2. The monoisotopic (exact) mass is 374 g/mol. The van der Waals surface area contributed by atoms with E-state index in [-0.39, 0.29) is 24.3 Å². The van der Waals surface area contributed by atoms with Crippen LogP contribution in [0.2, 0.25) is 10.0 Å². The molecule has 4 nitrogen and oxygen atoms in total. The van der Waals surface area contributed by atoms with Crippen LogP contribution < -0.4 is 5.32 Å². The molecule has 0 spiro atoms. The minimum atomic E-state index is -0.346. The Bertz CT molecular complexity index is 864. The van der Waals surface area contributed by atoms with Gasteiger partial charge in [-0.05, 0) is 35.4 Å². The van der Waals surface area contributed by atoms with E-state index in [0.717, 1.165) is 11.1 Å². The zero-order valence-electron chi connectivity index (χ0n) is 13.5. The highest BCUT2D eigenvalue weighted by Crippen LogP contribution is 2.33. The van der Waals surface area contributed by atoms with Crippen LogP contribution in [0, 0.1) is 0 Å². The predicted molar refractivity (Wildman–Crippen MR) is 100 cm³/mol. The van der Waals surface area contributed by atoms with Crippen LogP contribution in [-0.2, 0) is 9.59 Å². The number of halogens is 2. The van der Waals surface area contributed by atoms with E-state index in [0.29, 0.717) is 15.7 Å². The van der Waals surface area contributed by atoms with Gasteiger partial charge in [0.15, 0.2) is 0 Å². The van der Waals surface area contributed by atoms with Crippen LogP contribution in [-0.4, -0.2) is 16.7 Å². The molecule has 1 N–H and O–H groups in total. The largest absolute Gasteiger partial charge is 0.326 e. The molecule has 2 aromatic carbocycles. The molecule has 0 bridgehead atoms. The Hall–Kier alpha value is -2.30. The van der Waals surface area contributed by atoms with Crippen molar-refractivity contribution in [1.82, 2.24) is 4.90 Å². The van der Waals surface area contributed by atoms with Gasteiger partial charge in [0.05, 0.1) is 22.5 Å². The summed E-state index contributed by atoms with van der Waals surface area (Å²) in [5, 5.41) is 3.60. The number of nitrogens with zero attached hydrogens (tertiary/aromatic N) is 1. The second-order valence-electron chi connectivity index (χ2n) is 5.77. The topological polar surface area (TPSA) is 49.4 Å². The molecule has 1 aliphatic rings. The molecule has 1 atom stereocenters. The number of hydrogen-bond donors (Lipinski definition) is 1. The van der Waals surface area contributed by atoms with Gasteiger partial charge >= 0.3 is 0 Å². The van der Waals surface area contributed by atoms with E-state index < -0.39 is 0 Å². The summed E-state index contributed by atoms with van der Waals surface area (Å²) in [6.07, 6.45) is 3.74. The highest BCUT2D eigenvalue weighted by molar-refractivity contribution is 6.42. The minimum absolute atomic E-state index is 0.113. The lowest BCUT2D eigenvalue weighted by Gasteiger charge is -2.32. The normalized spacial score (nSPS) is 15.6. The third kappa shape index (κ3) is 3.86. The van der Waals surface area contributed by atoms with Crippen LogP contribution >= 0.6 is 23.2 Å². The van der Waals surface area contributed by atoms with Crippen molar-refractivity contribution in [2.24, 2.45) is 0 Å². The van der Waals surface area contributed by atoms with E-state index in [9.17, 15) is 9.59 Å². The quantitative estimate of drug-likeness (QED) is 0.830. The van der Waals surface area contributed by atoms with Gasteiger partial charge in [0, 0.05) is 18.8 Å². The van der Waals surface area contributed by atoms with E-state index in [1.165, 1.54) is 6.92 Å². The van der Waals surface area contributed by atoms with Gasteiger partial charge in [-0.2, -0.15) is 0 Å². The zero-order valence-corrected chi connectivity index (χ0v) is 15.0. The summed E-state index contributed by atoms with van der Waals surface area (Å²) in [4.78, 5) is 26.0. The summed E-state index contributed by atoms with van der Waals surface area (Å²) in [6, 6.07) is 12.3. The van der Waals surface area contributed by atoms with Crippen molar-refractivity contribution >= 4 is 46.8 Å². The summed E-state index contributed by atoms with van der Waals surface area (Å²) in [6.45, 7) is 1.49. The molecule has 0 saturated carbocycles. The van der Waals surface area contributed by atoms with Gasteiger partial charge in [-0.25, -0.2) is 0 Å². The Balaban J connectivity index is 1.81. The lowest BCUT2D eigenvalue weighted by molar-refractivity contribution is -0.129. The van der Waals surface area contributed by atoms with Gasteiger partial charge in [-0.3, -0.25) is 9.59 Å². The van der Waals surface area contributed by atoms with Gasteiger partial charge in [0.1, 0.15) is 0 Å². The average Bonchev–Trinajstić information content (AvgIpc) is 2.58. The maximum Gasteiger partial charge on any atom is 0.226 e. The van der Waals surface area contributed by atoms with Crippen molar-refractivity contribution < 1.29 is 9.59 Å². The summed E-state index contributed by atoms with van der Waals surface area (Å²) in [7, 11) is 0. The first-order chi connectivity index (χ1) is 12.0. The molecular weight excluding hydrogens is 359 g/mol. The van der Waals surface area contributed by atoms with Crippen molar-refractivity contribution in [2.75, 3.05) is 5.32 Å². The fourth-order valence-corrected chi connectivity index (χ4v) is 3.17. The molecule has 2 aromatic rings. The summed E-state index contributed by atoms with van der Waals surface area (Å²) in [5.74, 6) is -0.321. The molecule has 128 valence electrons. The standard InChI is InChI=1S/C19H16Cl2N2O2/c1-12(24)23-9-8-13-4-2-3-5-15(13)18(23)11-19(25)22-14-6-7-16(20)17(21)10-14/h2-10,18H,11H2,1H3,(H,22,25)/t18-/m0/s1. The fourth-order valence-electron chi connectivity index (χ4n) is 2.87. The summed E-state index contributed by atoms with van der Waals surface area (Å²) >= 11 is 11.9. The smallest absolute Gasteiger partial charge is 0.226 e. The van der Waals surface area contributed by atoms with E-state index in [1.807, 2.05) is 30.3 Å². The molecule has 0 saturated heterocycles. The fraction of sp³-hybridized carbons (Fsp3) is 0.158. The third-order valence-corrected chi connectivity index (χ3v) is 4.79. The number of nitrogens with one attached hydrogen (secondary N) is 1. The molecule has 0 aliphatic carbocycles. The molecular formula is C19H16Cl2N2O2. The van der Waals surface area contributed by atoms with Crippen molar-refractivity contribution in [1.29, 1.82) is 0 Å². The van der Waals surface area contributed by atoms with E-state index in [2.05, 4.69) is 5.32 Å². The number of rotatable bonds is 3. The first-order valence-corrected chi connectivity index (χ1v) is 8.52. The van der Waals surface area contributed by atoms with Gasteiger partial charge in [-0.1, -0.05) is 47.5 Å². The van der Waals surface area contributed by atoms with E-state index in [4.69, 9.17) is 23.2 Å². The second-order valence-corrected chi connectivity index (χ2v) is 6.58. The Labute approximate surface area is 156 Å². The molecule has 25 heavy (non-hydrogen) atoms. The van der Waals surface area contributed by atoms with Crippen molar-refractivity contribution in [3.63, 3.8) is 0 Å². The van der Waals surface area contributed by atoms with Crippen LogP contribution in [0.25, 0.3) is 6.08 Å². The molecule has 3 rings (SSSR count). The van der Waals surface area contributed by atoms with Gasteiger partial charge in [-0.15, -0.1) is 0 Å². The first kappa shape index (κ1) is 17.5. The average molecular weight is 375 g/mol. The summed E-state index contributed by atoms with van der Waals surface area (Å²) in [5.41, 5.74) is 2.52. The van der Waals surface area contributed by atoms with Crippen LogP contribution in [0.5, 0.6) is 0 Å². The Morgan fingerprint density at radius 1 is 1.12 bits per heavy atom. The number of amides is 2. The number of carbonyl (C=O) groups excluding carboxylic acids is 2. The first-order valence-electron chi connectivity index (χ1n) is 7.76. The second kappa shape index (κ2) is 7.30. The van der Waals surface area contributed by atoms with Gasteiger partial charge < -0.3 is 10.2 Å². The molecule has 1 heterocycles. The Kier molecular flexibility index (Phi) is 5.11. The highest BCUT2D eigenvalue weighted by Gasteiger charge is 2.28. The Morgan fingerprint density at radius 3 is 2.60 bits per heavy atom. The lowest BCUT2D eigenvalue weighted by Crippen LogP contribution is -2.33. The van der Waals surface area contributed by atoms with Crippen molar-refractivity contribution in [2.45, 2.75) is 19.4 Å². The molecule has 2 amide bonds. The molecule has 0 radical (unpaired) electrons. The van der Waals surface area contributed by atoms with Crippen LogP contribution in [0.1, 0.15) is 30.5 Å². The van der Waals surface area contributed by atoms with Crippen LogP contribution in [0.3, 0.4) is 0 Å². The summed E-state index contributed by atoms with van der Waals surface area (Å²) < 4.78 is 0. The lowest BCUT2D eigenvalue weighted by atomic mass is 9.93. The molecule has 1 aliphatic heterocycles. The molecule has 0 unspecified atom stereocenters. The van der Waals surface area contributed by atoms with E-state index in [1.54, 1.807) is 29.3 Å². The minimum Gasteiger partial charge on any atom is -0.326 e. The third-order valence-electron chi connectivity index (χ3n) is 4.05. The number of anilines is 1. The zero-order chi connectivity index (χ0) is 18.0. The molecule has 6 heteroatoms.